The number of amides is 1. The highest BCUT2D eigenvalue weighted by Crippen LogP contribution is 2.28. The van der Waals surface area contributed by atoms with E-state index in [1.54, 1.807) is 0 Å². The van der Waals surface area contributed by atoms with Gasteiger partial charge < -0.3 is 10.6 Å². The van der Waals surface area contributed by atoms with Gasteiger partial charge in [-0.1, -0.05) is 65.0 Å². The number of rotatable bonds is 8. The van der Waals surface area contributed by atoms with Crippen molar-refractivity contribution in [2.45, 2.75) is 17.7 Å². The normalized spacial score (nSPS) is 10.6. The Bertz CT molecular complexity index is 899. The monoisotopic (exact) mass is 418 g/mol. The smallest absolute Gasteiger partial charge is 0.230 e. The van der Waals surface area contributed by atoms with Crippen LogP contribution in [0.5, 0.6) is 0 Å². The van der Waals surface area contributed by atoms with E-state index < -0.39 is 0 Å². The number of hydrogen-bond acceptors (Lipinski definition) is 6. The van der Waals surface area contributed by atoms with Crippen LogP contribution in [-0.2, 0) is 11.2 Å². The number of anilines is 2. The fourth-order valence-corrected chi connectivity index (χ4v) is 4.04. The lowest BCUT2D eigenvalue weighted by molar-refractivity contribution is -0.118. The fourth-order valence-electron chi connectivity index (χ4n) is 2.32. The summed E-state index contributed by atoms with van der Waals surface area (Å²) in [6.45, 7) is 2.63. The van der Waals surface area contributed by atoms with Crippen LogP contribution in [0.25, 0.3) is 0 Å². The van der Waals surface area contributed by atoms with Crippen molar-refractivity contribution in [3.8, 4) is 0 Å². The second-order valence-electron chi connectivity index (χ2n) is 5.83. The molecule has 0 unspecified atom stereocenters. The largest absolute Gasteiger partial charge is 0.355 e. The highest BCUT2D eigenvalue weighted by Gasteiger charge is 2.09. The average molecular weight is 419 g/mol. The van der Waals surface area contributed by atoms with Gasteiger partial charge in [-0.15, -0.1) is 10.2 Å². The molecule has 0 radical (unpaired) electrons. The second-order valence-corrected chi connectivity index (χ2v) is 8.46. The first-order chi connectivity index (χ1) is 13.1. The van der Waals surface area contributed by atoms with E-state index in [-0.39, 0.29) is 5.91 Å². The molecule has 3 aromatic rings. The van der Waals surface area contributed by atoms with E-state index in [0.29, 0.717) is 17.3 Å². The summed E-state index contributed by atoms with van der Waals surface area (Å²) in [5, 5.41) is 15.9. The molecular weight excluding hydrogens is 400 g/mol. The molecule has 0 aliphatic heterocycles. The van der Waals surface area contributed by atoms with Crippen molar-refractivity contribution < 1.29 is 4.79 Å². The molecule has 2 aromatic carbocycles. The Labute approximate surface area is 171 Å². The summed E-state index contributed by atoms with van der Waals surface area (Å²) < 4.78 is 0.763. The Morgan fingerprint density at radius 2 is 1.93 bits per heavy atom. The third kappa shape index (κ3) is 6.23. The Morgan fingerprint density at radius 3 is 2.70 bits per heavy atom. The fraction of sp³-hybridized carbons (Fsp3) is 0.211. The SMILES string of the molecule is Cc1ccccc1Nc1nnc(SCC(=O)NCCc2ccc(Cl)cc2)s1. The first-order valence-electron chi connectivity index (χ1n) is 8.40. The molecule has 0 atom stereocenters. The highest BCUT2D eigenvalue weighted by molar-refractivity contribution is 8.01. The van der Waals surface area contributed by atoms with Crippen LogP contribution in [-0.4, -0.2) is 28.4 Å². The number of carbonyl (C=O) groups excluding carboxylic acids is 1. The van der Waals surface area contributed by atoms with Crippen molar-refractivity contribution in [3.63, 3.8) is 0 Å². The Kier molecular flexibility index (Phi) is 7.09. The number of hydrogen-bond donors (Lipinski definition) is 2. The van der Waals surface area contributed by atoms with Gasteiger partial charge in [-0.25, -0.2) is 0 Å². The molecule has 0 saturated carbocycles. The van der Waals surface area contributed by atoms with Gasteiger partial charge in [0.25, 0.3) is 0 Å². The van der Waals surface area contributed by atoms with Crippen LogP contribution >= 0.6 is 34.7 Å². The number of nitrogens with one attached hydrogen (secondary N) is 2. The van der Waals surface area contributed by atoms with E-state index >= 15 is 0 Å². The number of aryl methyl sites for hydroxylation is 1. The molecule has 3 rings (SSSR count). The Balaban J connectivity index is 1.41. The molecule has 1 aromatic heterocycles. The number of halogens is 1. The van der Waals surface area contributed by atoms with Gasteiger partial charge in [0.2, 0.25) is 11.0 Å². The molecule has 27 heavy (non-hydrogen) atoms. The summed E-state index contributed by atoms with van der Waals surface area (Å²) in [7, 11) is 0. The molecule has 0 saturated heterocycles. The van der Waals surface area contributed by atoms with Crippen molar-refractivity contribution >= 4 is 51.4 Å². The number of nitrogens with zero attached hydrogens (tertiary/aromatic N) is 2. The van der Waals surface area contributed by atoms with Gasteiger partial charge >= 0.3 is 0 Å². The van der Waals surface area contributed by atoms with Crippen LogP contribution in [0.4, 0.5) is 10.8 Å². The van der Waals surface area contributed by atoms with Crippen LogP contribution in [0.15, 0.2) is 52.9 Å². The molecule has 2 N–H and O–H groups in total. The zero-order valence-electron chi connectivity index (χ0n) is 14.7. The molecular formula is C19H19ClN4OS2. The quantitative estimate of drug-likeness (QED) is 0.519. The van der Waals surface area contributed by atoms with E-state index in [1.807, 2.05) is 55.5 Å². The molecule has 0 spiro atoms. The van der Waals surface area contributed by atoms with Crippen LogP contribution in [0.2, 0.25) is 5.02 Å². The highest BCUT2D eigenvalue weighted by atomic mass is 35.5. The number of carbonyl (C=O) groups is 1. The number of benzene rings is 2. The van der Waals surface area contributed by atoms with Crippen LogP contribution < -0.4 is 10.6 Å². The van der Waals surface area contributed by atoms with Crippen LogP contribution in [0.1, 0.15) is 11.1 Å². The lowest BCUT2D eigenvalue weighted by atomic mass is 10.1. The van der Waals surface area contributed by atoms with E-state index in [0.717, 1.165) is 32.7 Å². The molecule has 140 valence electrons. The Hall–Kier alpha value is -2.09. The molecule has 8 heteroatoms. The predicted octanol–water partition coefficient (Wildman–Crippen LogP) is 4.69. The summed E-state index contributed by atoms with van der Waals surface area (Å²) in [6, 6.07) is 15.6. The predicted molar refractivity (Wildman–Crippen MR) is 113 cm³/mol. The van der Waals surface area contributed by atoms with E-state index in [1.165, 1.54) is 23.1 Å². The third-order valence-electron chi connectivity index (χ3n) is 3.77. The molecule has 0 fully saturated rings. The van der Waals surface area contributed by atoms with Crippen molar-refractivity contribution in [1.29, 1.82) is 0 Å². The minimum absolute atomic E-state index is 0.0161. The zero-order valence-corrected chi connectivity index (χ0v) is 17.1. The van der Waals surface area contributed by atoms with E-state index in [2.05, 4.69) is 20.8 Å². The van der Waals surface area contributed by atoms with E-state index in [9.17, 15) is 4.79 Å². The summed E-state index contributed by atoms with van der Waals surface area (Å²) in [6.07, 6.45) is 0.775. The minimum atomic E-state index is -0.0161. The zero-order chi connectivity index (χ0) is 19.1. The summed E-state index contributed by atoms with van der Waals surface area (Å²) >= 11 is 8.69. The maximum Gasteiger partial charge on any atom is 0.230 e. The molecule has 0 aliphatic rings. The van der Waals surface area contributed by atoms with Crippen LogP contribution in [0, 0.1) is 6.92 Å². The summed E-state index contributed by atoms with van der Waals surface area (Å²) in [5.74, 6) is 0.303. The van der Waals surface area contributed by atoms with Gasteiger partial charge in [-0.05, 0) is 42.7 Å². The maximum absolute atomic E-state index is 12.0. The maximum atomic E-state index is 12.0. The van der Waals surface area contributed by atoms with Crippen molar-refractivity contribution in [3.05, 3.63) is 64.7 Å². The minimum Gasteiger partial charge on any atom is -0.355 e. The topological polar surface area (TPSA) is 66.9 Å². The number of para-hydroxylation sites is 1. The van der Waals surface area contributed by atoms with Gasteiger partial charge in [-0.3, -0.25) is 4.79 Å². The first kappa shape index (κ1) is 19.7. The summed E-state index contributed by atoms with van der Waals surface area (Å²) in [5.41, 5.74) is 3.29. The van der Waals surface area contributed by atoms with Gasteiger partial charge in [0.05, 0.1) is 5.75 Å². The van der Waals surface area contributed by atoms with Gasteiger partial charge in [0.1, 0.15) is 0 Å². The Morgan fingerprint density at radius 1 is 1.15 bits per heavy atom. The van der Waals surface area contributed by atoms with Gasteiger partial charge in [0.15, 0.2) is 4.34 Å². The van der Waals surface area contributed by atoms with Gasteiger partial charge in [0, 0.05) is 17.3 Å². The lowest BCUT2D eigenvalue weighted by Gasteiger charge is -2.05. The lowest BCUT2D eigenvalue weighted by Crippen LogP contribution is -2.27. The van der Waals surface area contributed by atoms with Crippen molar-refractivity contribution in [2.24, 2.45) is 0 Å². The first-order valence-corrected chi connectivity index (χ1v) is 10.6. The average Bonchev–Trinajstić information content (AvgIpc) is 3.11. The van der Waals surface area contributed by atoms with E-state index in [4.69, 9.17) is 11.6 Å². The molecule has 0 bridgehead atoms. The third-order valence-corrected chi connectivity index (χ3v) is 5.99. The van der Waals surface area contributed by atoms with Gasteiger partial charge in [-0.2, -0.15) is 0 Å². The van der Waals surface area contributed by atoms with Crippen LogP contribution in [0.3, 0.4) is 0 Å². The molecule has 1 amide bonds. The van der Waals surface area contributed by atoms with Crippen molar-refractivity contribution in [2.75, 3.05) is 17.6 Å². The van der Waals surface area contributed by atoms with Crippen molar-refractivity contribution in [1.82, 2.24) is 15.5 Å². The molecule has 1 heterocycles. The summed E-state index contributed by atoms with van der Waals surface area (Å²) in [4.78, 5) is 12.0. The number of thioether (sulfide) groups is 1. The molecule has 5 nitrogen and oxygen atoms in total. The standard InChI is InChI=1S/C19H19ClN4OS2/c1-13-4-2-3-5-16(13)22-18-23-24-19(27-18)26-12-17(25)21-11-10-14-6-8-15(20)9-7-14/h2-9H,10-12H2,1H3,(H,21,25)(H,22,23). The second kappa shape index (κ2) is 9.73. The molecule has 0 aliphatic carbocycles. The number of aromatic nitrogens is 2.